The summed E-state index contributed by atoms with van der Waals surface area (Å²) in [6.07, 6.45) is 2.48. The number of halogens is 2. The van der Waals surface area contributed by atoms with Crippen molar-refractivity contribution < 1.29 is 9.18 Å². The van der Waals surface area contributed by atoms with Gasteiger partial charge in [-0.3, -0.25) is 14.8 Å². The van der Waals surface area contributed by atoms with Crippen LogP contribution in [0.1, 0.15) is 28.5 Å². The second-order valence-corrected chi connectivity index (χ2v) is 6.24. The van der Waals surface area contributed by atoms with E-state index in [1.807, 2.05) is 13.1 Å². The number of amides is 1. The summed E-state index contributed by atoms with van der Waals surface area (Å²) in [6, 6.07) is 6.60. The van der Waals surface area contributed by atoms with E-state index in [9.17, 15) is 9.18 Å². The van der Waals surface area contributed by atoms with Gasteiger partial charge in [0, 0.05) is 18.8 Å². The van der Waals surface area contributed by atoms with E-state index in [0.29, 0.717) is 12.2 Å². The first-order valence-electron chi connectivity index (χ1n) is 7.49. The number of nitrogens with one attached hydrogen (secondary N) is 2. The standard InChI is InChI=1S/C16H18ClFN4O/c1-22-7-5-11(9-19-16(23)14-4-6-20-21-14)15(22)10-2-3-12(17)13(18)8-10/h2-4,6,8,11,15H,5,7,9H2,1H3,(H,19,23)(H,20,21). The van der Waals surface area contributed by atoms with Gasteiger partial charge in [0.15, 0.2) is 0 Å². The van der Waals surface area contributed by atoms with Crippen molar-refractivity contribution in [3.05, 3.63) is 52.6 Å². The van der Waals surface area contributed by atoms with Gasteiger partial charge in [-0.05, 0) is 49.7 Å². The molecule has 5 nitrogen and oxygen atoms in total. The van der Waals surface area contributed by atoms with E-state index in [-0.39, 0.29) is 22.9 Å². The first-order valence-corrected chi connectivity index (χ1v) is 7.87. The summed E-state index contributed by atoms with van der Waals surface area (Å²) in [5, 5.41) is 9.45. The number of aromatic nitrogens is 2. The van der Waals surface area contributed by atoms with E-state index in [0.717, 1.165) is 18.5 Å². The Labute approximate surface area is 138 Å². The van der Waals surface area contributed by atoms with Gasteiger partial charge in [0.1, 0.15) is 11.5 Å². The first kappa shape index (κ1) is 16.0. The highest BCUT2D eigenvalue weighted by Crippen LogP contribution is 2.36. The van der Waals surface area contributed by atoms with E-state index in [4.69, 9.17) is 11.6 Å². The summed E-state index contributed by atoms with van der Waals surface area (Å²) < 4.78 is 13.8. The summed E-state index contributed by atoms with van der Waals surface area (Å²) in [6.45, 7) is 1.43. The lowest BCUT2D eigenvalue weighted by atomic mass is 9.93. The number of likely N-dealkylation sites (tertiary alicyclic amines) is 1. The Morgan fingerprint density at radius 2 is 2.35 bits per heavy atom. The highest BCUT2D eigenvalue weighted by atomic mass is 35.5. The van der Waals surface area contributed by atoms with Crippen LogP contribution < -0.4 is 5.32 Å². The Kier molecular flexibility index (Phi) is 4.63. The first-order chi connectivity index (χ1) is 11.1. The smallest absolute Gasteiger partial charge is 0.269 e. The van der Waals surface area contributed by atoms with Gasteiger partial charge in [-0.1, -0.05) is 17.7 Å². The number of rotatable bonds is 4. The minimum Gasteiger partial charge on any atom is -0.350 e. The van der Waals surface area contributed by atoms with E-state index < -0.39 is 5.82 Å². The fourth-order valence-electron chi connectivity index (χ4n) is 3.16. The fraction of sp³-hybridized carbons (Fsp3) is 0.375. The molecule has 0 aliphatic carbocycles. The molecule has 2 unspecified atom stereocenters. The molecule has 1 fully saturated rings. The zero-order valence-electron chi connectivity index (χ0n) is 12.7. The Hall–Kier alpha value is -1.92. The van der Waals surface area contributed by atoms with Crippen molar-refractivity contribution in [2.75, 3.05) is 20.1 Å². The van der Waals surface area contributed by atoms with Gasteiger partial charge in [0.05, 0.1) is 5.02 Å². The van der Waals surface area contributed by atoms with Crippen LogP contribution in [0.3, 0.4) is 0 Å². The van der Waals surface area contributed by atoms with Crippen LogP contribution in [0.15, 0.2) is 30.5 Å². The number of aromatic amines is 1. The molecule has 122 valence electrons. The number of carbonyl (C=O) groups is 1. The molecule has 1 amide bonds. The number of nitrogens with zero attached hydrogens (tertiary/aromatic N) is 2. The van der Waals surface area contributed by atoms with E-state index in [1.54, 1.807) is 12.1 Å². The maximum Gasteiger partial charge on any atom is 0.269 e. The van der Waals surface area contributed by atoms with Crippen molar-refractivity contribution in [1.82, 2.24) is 20.4 Å². The second kappa shape index (κ2) is 6.68. The fourth-order valence-corrected chi connectivity index (χ4v) is 3.28. The molecule has 1 aliphatic rings. The van der Waals surface area contributed by atoms with Crippen LogP contribution in [0.5, 0.6) is 0 Å². The Morgan fingerprint density at radius 3 is 3.04 bits per heavy atom. The molecular formula is C16H18ClFN4O. The molecule has 2 aromatic rings. The lowest BCUT2D eigenvalue weighted by Gasteiger charge is -2.26. The van der Waals surface area contributed by atoms with Crippen LogP contribution in [0.2, 0.25) is 5.02 Å². The molecule has 2 atom stereocenters. The molecule has 0 saturated carbocycles. The lowest BCUT2D eigenvalue weighted by molar-refractivity contribution is 0.0938. The summed E-state index contributed by atoms with van der Waals surface area (Å²) in [4.78, 5) is 14.2. The number of benzene rings is 1. The molecule has 7 heteroatoms. The molecule has 2 N–H and O–H groups in total. The zero-order chi connectivity index (χ0) is 16.4. The Balaban J connectivity index is 1.71. The third-order valence-corrected chi connectivity index (χ3v) is 4.64. The predicted octanol–water partition coefficient (Wildman–Crippen LogP) is 2.63. The van der Waals surface area contributed by atoms with Crippen molar-refractivity contribution in [3.63, 3.8) is 0 Å². The topological polar surface area (TPSA) is 61.0 Å². The van der Waals surface area contributed by atoms with Gasteiger partial charge in [0.25, 0.3) is 5.91 Å². The monoisotopic (exact) mass is 336 g/mol. The molecule has 1 aromatic heterocycles. The molecular weight excluding hydrogens is 319 g/mol. The van der Waals surface area contributed by atoms with Gasteiger partial charge >= 0.3 is 0 Å². The number of carbonyl (C=O) groups excluding carboxylic acids is 1. The number of hydrogen-bond donors (Lipinski definition) is 2. The maximum atomic E-state index is 13.8. The van der Waals surface area contributed by atoms with Gasteiger partial charge in [-0.15, -0.1) is 0 Å². The Morgan fingerprint density at radius 1 is 1.52 bits per heavy atom. The van der Waals surface area contributed by atoms with Crippen molar-refractivity contribution in [3.8, 4) is 0 Å². The van der Waals surface area contributed by atoms with Crippen molar-refractivity contribution in [1.29, 1.82) is 0 Å². The quantitative estimate of drug-likeness (QED) is 0.902. The molecule has 1 aromatic carbocycles. The zero-order valence-corrected chi connectivity index (χ0v) is 13.5. The highest BCUT2D eigenvalue weighted by Gasteiger charge is 2.33. The summed E-state index contributed by atoms with van der Waals surface area (Å²) >= 11 is 5.76. The SMILES string of the molecule is CN1CCC(CNC(=O)c2ccn[nH]2)C1c1ccc(Cl)c(F)c1. The third-order valence-electron chi connectivity index (χ3n) is 4.33. The van der Waals surface area contributed by atoms with Gasteiger partial charge < -0.3 is 5.32 Å². The molecule has 0 radical (unpaired) electrons. The average Bonchev–Trinajstić information content (AvgIpc) is 3.18. The summed E-state index contributed by atoms with van der Waals surface area (Å²) in [5.41, 5.74) is 1.32. The van der Waals surface area contributed by atoms with E-state index >= 15 is 0 Å². The largest absolute Gasteiger partial charge is 0.350 e. The summed E-state index contributed by atoms with van der Waals surface area (Å²) in [5.74, 6) is -0.379. The van der Waals surface area contributed by atoms with Crippen molar-refractivity contribution >= 4 is 17.5 Å². The van der Waals surface area contributed by atoms with Crippen LogP contribution in [0, 0.1) is 11.7 Å². The van der Waals surface area contributed by atoms with Crippen LogP contribution in [-0.4, -0.2) is 41.1 Å². The van der Waals surface area contributed by atoms with Crippen molar-refractivity contribution in [2.24, 2.45) is 5.92 Å². The average molecular weight is 337 g/mol. The minimum absolute atomic E-state index is 0.0591. The molecule has 2 heterocycles. The number of H-pyrrole nitrogens is 1. The van der Waals surface area contributed by atoms with Gasteiger partial charge in [-0.25, -0.2) is 4.39 Å². The van der Waals surface area contributed by atoms with E-state index in [1.165, 1.54) is 12.3 Å². The molecule has 0 spiro atoms. The molecule has 1 aliphatic heterocycles. The van der Waals surface area contributed by atoms with E-state index in [2.05, 4.69) is 20.4 Å². The van der Waals surface area contributed by atoms with Gasteiger partial charge in [0.2, 0.25) is 0 Å². The van der Waals surface area contributed by atoms with Crippen molar-refractivity contribution in [2.45, 2.75) is 12.5 Å². The third kappa shape index (κ3) is 3.38. The highest BCUT2D eigenvalue weighted by molar-refractivity contribution is 6.30. The maximum absolute atomic E-state index is 13.8. The summed E-state index contributed by atoms with van der Waals surface area (Å²) in [7, 11) is 2.01. The normalized spacial score (nSPS) is 21.5. The van der Waals surface area contributed by atoms with Crippen LogP contribution in [-0.2, 0) is 0 Å². The molecule has 3 rings (SSSR count). The molecule has 1 saturated heterocycles. The molecule has 23 heavy (non-hydrogen) atoms. The van der Waals surface area contributed by atoms with Crippen LogP contribution in [0.4, 0.5) is 4.39 Å². The van der Waals surface area contributed by atoms with Crippen LogP contribution >= 0.6 is 11.6 Å². The van der Waals surface area contributed by atoms with Crippen LogP contribution in [0.25, 0.3) is 0 Å². The predicted molar refractivity (Wildman–Crippen MR) is 85.8 cm³/mol. The number of hydrogen-bond acceptors (Lipinski definition) is 3. The van der Waals surface area contributed by atoms with Gasteiger partial charge in [-0.2, -0.15) is 5.10 Å². The Bertz CT molecular complexity index is 691. The lowest BCUT2D eigenvalue weighted by Crippen LogP contribution is -2.32. The second-order valence-electron chi connectivity index (χ2n) is 5.83. The minimum atomic E-state index is -0.412. The molecule has 0 bridgehead atoms.